The van der Waals surface area contributed by atoms with Gasteiger partial charge in [0.25, 0.3) is 0 Å². The van der Waals surface area contributed by atoms with Crippen LogP contribution in [0.3, 0.4) is 0 Å². The first kappa shape index (κ1) is 16.2. The molecule has 0 amide bonds. The first-order chi connectivity index (χ1) is 11.4. The molecule has 0 radical (unpaired) electrons. The molecule has 0 atom stereocenters. The van der Waals surface area contributed by atoms with Gasteiger partial charge in [-0.3, -0.25) is 4.68 Å². The molecular weight excluding hydrogens is 298 g/mol. The number of nitrogens with zero attached hydrogens (tertiary/aromatic N) is 4. The lowest BCUT2D eigenvalue weighted by Crippen LogP contribution is -2.16. The van der Waals surface area contributed by atoms with Gasteiger partial charge in [0.05, 0.1) is 6.20 Å². The van der Waals surface area contributed by atoms with Gasteiger partial charge in [0, 0.05) is 37.0 Å². The molecule has 0 saturated carbocycles. The van der Waals surface area contributed by atoms with E-state index in [2.05, 4.69) is 65.4 Å². The Kier molecular flexibility index (Phi) is 4.34. The lowest BCUT2D eigenvalue weighted by Gasteiger charge is -2.17. The maximum atomic E-state index is 4.61. The zero-order chi connectivity index (χ0) is 17.2. The van der Waals surface area contributed by atoms with E-state index in [0.29, 0.717) is 6.54 Å². The Balaban J connectivity index is 1.73. The molecule has 0 aliphatic rings. The van der Waals surface area contributed by atoms with Gasteiger partial charge in [0.2, 0.25) is 0 Å². The summed E-state index contributed by atoms with van der Waals surface area (Å²) in [6, 6.07) is 10.4. The second-order valence-electron chi connectivity index (χ2n) is 6.97. The van der Waals surface area contributed by atoms with Crippen molar-refractivity contribution in [3.8, 4) is 11.1 Å². The highest BCUT2D eigenvalue weighted by atomic mass is 15.2. The Morgan fingerprint density at radius 1 is 1.12 bits per heavy atom. The van der Waals surface area contributed by atoms with Gasteiger partial charge in [0.15, 0.2) is 0 Å². The molecule has 0 saturated heterocycles. The number of rotatable bonds is 4. The van der Waals surface area contributed by atoms with E-state index in [0.717, 1.165) is 17.2 Å². The highest BCUT2D eigenvalue weighted by Crippen LogP contribution is 2.21. The summed E-state index contributed by atoms with van der Waals surface area (Å²) in [4.78, 5) is 8.97. The van der Waals surface area contributed by atoms with Crippen LogP contribution in [0, 0.1) is 0 Å². The minimum absolute atomic E-state index is 0.0576. The van der Waals surface area contributed by atoms with Crippen LogP contribution in [-0.4, -0.2) is 19.7 Å². The molecule has 1 N–H and O–H groups in total. The maximum Gasteiger partial charge on any atom is 0.135 e. The largest absolute Gasteiger partial charge is 0.366 e. The fraction of sp³-hybridized carbons (Fsp3) is 0.316. The van der Waals surface area contributed by atoms with Crippen LogP contribution in [0.25, 0.3) is 11.1 Å². The minimum Gasteiger partial charge on any atom is -0.366 e. The quantitative estimate of drug-likeness (QED) is 0.794. The number of aromatic nitrogens is 4. The third-order valence-corrected chi connectivity index (χ3v) is 3.77. The third-order valence-electron chi connectivity index (χ3n) is 3.77. The summed E-state index contributed by atoms with van der Waals surface area (Å²) in [5, 5.41) is 7.62. The van der Waals surface area contributed by atoms with Gasteiger partial charge in [-0.05, 0) is 23.3 Å². The van der Waals surface area contributed by atoms with Crippen LogP contribution in [0.15, 0.2) is 48.9 Å². The van der Waals surface area contributed by atoms with E-state index in [9.17, 15) is 0 Å². The molecule has 0 spiro atoms. The number of nitrogens with one attached hydrogen (secondary N) is 1. The molecule has 0 bridgehead atoms. The highest BCUT2D eigenvalue weighted by Gasteiger charge is 2.17. The van der Waals surface area contributed by atoms with Gasteiger partial charge in [-0.25, -0.2) is 9.97 Å². The van der Waals surface area contributed by atoms with Crippen molar-refractivity contribution in [1.82, 2.24) is 19.7 Å². The van der Waals surface area contributed by atoms with E-state index < -0.39 is 0 Å². The lowest BCUT2D eigenvalue weighted by atomic mass is 9.96. The van der Waals surface area contributed by atoms with Gasteiger partial charge in [-0.15, -0.1) is 0 Å². The van der Waals surface area contributed by atoms with Gasteiger partial charge in [-0.1, -0.05) is 39.0 Å². The number of benzene rings is 1. The number of aryl methyl sites for hydroxylation is 1. The van der Waals surface area contributed by atoms with Crippen molar-refractivity contribution < 1.29 is 0 Å². The fourth-order valence-electron chi connectivity index (χ4n) is 2.44. The second kappa shape index (κ2) is 6.43. The number of anilines is 1. The zero-order valence-electron chi connectivity index (χ0n) is 14.6. The molecule has 2 aromatic heterocycles. The van der Waals surface area contributed by atoms with Crippen molar-refractivity contribution in [2.75, 3.05) is 5.32 Å². The normalized spacial score (nSPS) is 11.5. The molecule has 0 unspecified atom stereocenters. The van der Waals surface area contributed by atoms with Gasteiger partial charge < -0.3 is 5.32 Å². The zero-order valence-corrected chi connectivity index (χ0v) is 14.6. The summed E-state index contributed by atoms with van der Waals surface area (Å²) >= 11 is 0. The van der Waals surface area contributed by atoms with Crippen molar-refractivity contribution in [3.05, 3.63) is 60.3 Å². The molecule has 3 aromatic rings. The van der Waals surface area contributed by atoms with Gasteiger partial charge in [-0.2, -0.15) is 5.10 Å². The van der Waals surface area contributed by atoms with Gasteiger partial charge in [0.1, 0.15) is 11.6 Å². The molecule has 0 aliphatic heterocycles. The van der Waals surface area contributed by atoms with Crippen molar-refractivity contribution in [1.29, 1.82) is 0 Å². The van der Waals surface area contributed by atoms with Crippen LogP contribution in [0.5, 0.6) is 0 Å². The molecule has 5 heteroatoms. The van der Waals surface area contributed by atoms with Crippen LogP contribution in [0.4, 0.5) is 5.82 Å². The Bertz CT molecular complexity index is 830. The Morgan fingerprint density at radius 3 is 2.67 bits per heavy atom. The molecule has 24 heavy (non-hydrogen) atoms. The van der Waals surface area contributed by atoms with Crippen molar-refractivity contribution in [3.63, 3.8) is 0 Å². The topological polar surface area (TPSA) is 55.6 Å². The smallest absolute Gasteiger partial charge is 0.135 e. The van der Waals surface area contributed by atoms with Crippen molar-refractivity contribution in [2.24, 2.45) is 7.05 Å². The van der Waals surface area contributed by atoms with E-state index in [1.807, 2.05) is 36.4 Å². The maximum absolute atomic E-state index is 4.61. The van der Waals surface area contributed by atoms with Gasteiger partial charge >= 0.3 is 0 Å². The summed E-state index contributed by atoms with van der Waals surface area (Å²) in [5.41, 5.74) is 3.43. The third kappa shape index (κ3) is 3.79. The molecule has 0 aliphatic carbocycles. The first-order valence-corrected chi connectivity index (χ1v) is 8.07. The van der Waals surface area contributed by atoms with E-state index in [4.69, 9.17) is 0 Å². The summed E-state index contributed by atoms with van der Waals surface area (Å²) < 4.78 is 1.81. The first-order valence-electron chi connectivity index (χ1n) is 8.07. The predicted octanol–water partition coefficient (Wildman–Crippen LogP) is 3.79. The molecule has 124 valence electrons. The van der Waals surface area contributed by atoms with Crippen LogP contribution >= 0.6 is 0 Å². The number of hydrogen-bond acceptors (Lipinski definition) is 4. The standard InChI is InChI=1S/C19H23N5/c1-19(2,3)18-20-9-8-17(23-18)21-11-14-6-5-7-15(10-14)16-12-22-24(4)13-16/h5-10,12-13H,11H2,1-4H3,(H,20,21,23). The van der Waals surface area contributed by atoms with E-state index in [-0.39, 0.29) is 5.41 Å². The second-order valence-corrected chi connectivity index (χ2v) is 6.97. The van der Waals surface area contributed by atoms with E-state index in [1.165, 1.54) is 11.1 Å². The number of hydrogen-bond donors (Lipinski definition) is 1. The average molecular weight is 321 g/mol. The monoisotopic (exact) mass is 321 g/mol. The molecule has 2 heterocycles. The van der Waals surface area contributed by atoms with Crippen LogP contribution in [-0.2, 0) is 19.0 Å². The highest BCUT2D eigenvalue weighted by molar-refractivity contribution is 5.62. The molecule has 3 rings (SSSR count). The van der Waals surface area contributed by atoms with E-state index in [1.54, 1.807) is 0 Å². The minimum atomic E-state index is -0.0576. The Labute approximate surface area is 142 Å². The summed E-state index contributed by atoms with van der Waals surface area (Å²) in [7, 11) is 1.93. The lowest BCUT2D eigenvalue weighted by molar-refractivity contribution is 0.546. The van der Waals surface area contributed by atoms with Crippen LogP contribution < -0.4 is 5.32 Å². The summed E-state index contributed by atoms with van der Waals surface area (Å²) in [5.74, 6) is 1.69. The SMILES string of the molecule is Cn1cc(-c2cccc(CNc3ccnc(C(C)(C)C)n3)c2)cn1. The summed E-state index contributed by atoms with van der Waals surface area (Å²) in [6.07, 6.45) is 5.71. The molecule has 5 nitrogen and oxygen atoms in total. The van der Waals surface area contributed by atoms with Crippen LogP contribution in [0.2, 0.25) is 0 Å². The van der Waals surface area contributed by atoms with E-state index >= 15 is 0 Å². The Hall–Kier alpha value is -2.69. The molecular formula is C19H23N5. The molecule has 0 fully saturated rings. The van der Waals surface area contributed by atoms with Crippen LogP contribution in [0.1, 0.15) is 32.2 Å². The summed E-state index contributed by atoms with van der Waals surface area (Å²) in [6.45, 7) is 7.06. The average Bonchev–Trinajstić information content (AvgIpc) is 2.99. The predicted molar refractivity (Wildman–Crippen MR) is 96.7 cm³/mol. The van der Waals surface area contributed by atoms with Crippen molar-refractivity contribution in [2.45, 2.75) is 32.7 Å². The molecule has 1 aromatic carbocycles. The van der Waals surface area contributed by atoms with Crippen molar-refractivity contribution >= 4 is 5.82 Å². The fourth-order valence-corrected chi connectivity index (χ4v) is 2.44. The Morgan fingerprint density at radius 2 is 1.96 bits per heavy atom.